The molecule has 156 valence electrons. The number of carboxylic acids is 1. The number of rotatable bonds is 4. The lowest BCUT2D eigenvalue weighted by Crippen LogP contribution is -2.45. The molecule has 0 bridgehead atoms. The summed E-state index contributed by atoms with van der Waals surface area (Å²) in [7, 11) is 0. The quantitative estimate of drug-likeness (QED) is 0.682. The highest BCUT2D eigenvalue weighted by Crippen LogP contribution is 2.27. The maximum absolute atomic E-state index is 13.0. The molecule has 1 unspecified atom stereocenters. The Morgan fingerprint density at radius 3 is 2.19 bits per heavy atom. The molecule has 2 heterocycles. The molecule has 1 aliphatic heterocycles. The van der Waals surface area contributed by atoms with Crippen LogP contribution < -0.4 is 16.1 Å². The van der Waals surface area contributed by atoms with E-state index in [1.807, 2.05) is 0 Å². The molecule has 0 aliphatic carbocycles. The van der Waals surface area contributed by atoms with Crippen molar-refractivity contribution in [3.05, 3.63) is 98.8 Å². The zero-order chi connectivity index (χ0) is 22.1. The molecule has 3 aromatic rings. The van der Waals surface area contributed by atoms with Gasteiger partial charge in [-0.2, -0.15) is 4.57 Å². The SMILES string of the molecule is O=C(O)c1ccc(N2CCC(n3ccc(=O)n(C(=O)c4ccccc4)c3=O)C2=O)cc1. The predicted octanol–water partition coefficient (Wildman–Crippen LogP) is 1.37. The predicted molar refractivity (Wildman–Crippen MR) is 111 cm³/mol. The molecule has 2 aromatic carbocycles. The number of aromatic carboxylic acids is 1. The molecule has 0 spiro atoms. The van der Waals surface area contributed by atoms with Gasteiger partial charge in [0.2, 0.25) is 5.91 Å². The van der Waals surface area contributed by atoms with Gasteiger partial charge in [-0.05, 0) is 42.8 Å². The Bertz CT molecular complexity index is 1290. The Labute approximate surface area is 175 Å². The van der Waals surface area contributed by atoms with Gasteiger partial charge in [0.05, 0.1) is 5.56 Å². The number of benzene rings is 2. The van der Waals surface area contributed by atoms with Crippen molar-refractivity contribution in [1.29, 1.82) is 0 Å². The van der Waals surface area contributed by atoms with Crippen molar-refractivity contribution in [3.8, 4) is 0 Å². The number of nitrogens with zero attached hydrogens (tertiary/aromatic N) is 3. The standard InChI is InChI=1S/C22H17N3O6/c26-18-11-13-24(22(31)25(18)19(27)14-4-2-1-3-5-14)17-10-12-23(20(17)28)16-8-6-15(7-9-16)21(29)30/h1-9,11,13,17H,10,12H2,(H,29,30). The number of carbonyl (C=O) groups is 3. The van der Waals surface area contributed by atoms with E-state index in [1.54, 1.807) is 18.2 Å². The van der Waals surface area contributed by atoms with Gasteiger partial charge in [0.1, 0.15) is 6.04 Å². The highest BCUT2D eigenvalue weighted by Gasteiger charge is 2.35. The average molecular weight is 419 g/mol. The monoisotopic (exact) mass is 419 g/mol. The second kappa shape index (κ2) is 7.86. The van der Waals surface area contributed by atoms with Gasteiger partial charge >= 0.3 is 11.7 Å². The second-order valence-corrected chi connectivity index (χ2v) is 7.00. The topological polar surface area (TPSA) is 119 Å². The van der Waals surface area contributed by atoms with Crippen molar-refractivity contribution >= 4 is 23.5 Å². The van der Waals surface area contributed by atoms with E-state index in [-0.39, 0.29) is 23.5 Å². The Kier molecular flexibility index (Phi) is 5.08. The van der Waals surface area contributed by atoms with Gasteiger partial charge in [-0.3, -0.25) is 19.0 Å². The molecule has 9 heteroatoms. The lowest BCUT2D eigenvalue weighted by molar-refractivity contribution is -0.119. The first-order valence-electron chi connectivity index (χ1n) is 9.47. The van der Waals surface area contributed by atoms with Gasteiger partial charge < -0.3 is 10.0 Å². The molecule has 31 heavy (non-hydrogen) atoms. The van der Waals surface area contributed by atoms with Crippen LogP contribution in [0.4, 0.5) is 5.69 Å². The Morgan fingerprint density at radius 2 is 1.55 bits per heavy atom. The third-order valence-electron chi connectivity index (χ3n) is 5.17. The average Bonchev–Trinajstić information content (AvgIpc) is 3.15. The van der Waals surface area contributed by atoms with E-state index in [4.69, 9.17) is 5.11 Å². The molecule has 1 aromatic heterocycles. The third-order valence-corrected chi connectivity index (χ3v) is 5.17. The van der Waals surface area contributed by atoms with E-state index >= 15 is 0 Å². The maximum Gasteiger partial charge on any atom is 0.338 e. The third kappa shape index (κ3) is 3.57. The minimum Gasteiger partial charge on any atom is -0.478 e. The fourth-order valence-electron chi connectivity index (χ4n) is 3.59. The van der Waals surface area contributed by atoms with E-state index in [9.17, 15) is 24.0 Å². The molecule has 9 nitrogen and oxygen atoms in total. The van der Waals surface area contributed by atoms with Gasteiger partial charge in [-0.1, -0.05) is 18.2 Å². The maximum atomic E-state index is 13.0. The van der Waals surface area contributed by atoms with Crippen LogP contribution in [0, 0.1) is 0 Å². The largest absolute Gasteiger partial charge is 0.478 e. The molecular formula is C22H17N3O6. The zero-order valence-electron chi connectivity index (χ0n) is 16.2. The van der Waals surface area contributed by atoms with Crippen LogP contribution in [0.5, 0.6) is 0 Å². The normalized spacial score (nSPS) is 15.8. The molecule has 0 saturated carbocycles. The highest BCUT2D eigenvalue weighted by atomic mass is 16.4. The Morgan fingerprint density at radius 1 is 0.871 bits per heavy atom. The number of aromatic nitrogens is 2. The Hall–Kier alpha value is -4.27. The van der Waals surface area contributed by atoms with Crippen LogP contribution in [-0.2, 0) is 4.79 Å². The van der Waals surface area contributed by atoms with Crippen LogP contribution in [0.3, 0.4) is 0 Å². The molecule has 1 amide bonds. The molecule has 0 radical (unpaired) electrons. The lowest BCUT2D eigenvalue weighted by Gasteiger charge is -2.18. The summed E-state index contributed by atoms with van der Waals surface area (Å²) in [6, 6.07) is 14.0. The molecule has 1 N–H and O–H groups in total. The van der Waals surface area contributed by atoms with Crippen molar-refractivity contribution in [2.45, 2.75) is 12.5 Å². The van der Waals surface area contributed by atoms with Crippen molar-refractivity contribution < 1.29 is 19.5 Å². The number of carbonyl (C=O) groups excluding carboxylic acids is 2. The van der Waals surface area contributed by atoms with Crippen molar-refractivity contribution in [2.75, 3.05) is 11.4 Å². The van der Waals surface area contributed by atoms with Gasteiger partial charge in [0.15, 0.2) is 0 Å². The molecule has 1 fully saturated rings. The van der Waals surface area contributed by atoms with Crippen LogP contribution in [0.15, 0.2) is 76.4 Å². The fourth-order valence-corrected chi connectivity index (χ4v) is 3.59. The summed E-state index contributed by atoms with van der Waals surface area (Å²) in [6.07, 6.45) is 1.51. The van der Waals surface area contributed by atoms with E-state index in [0.717, 1.165) is 10.6 Å². The number of carboxylic acid groups (broad SMARTS) is 1. The smallest absolute Gasteiger partial charge is 0.338 e. The summed E-state index contributed by atoms with van der Waals surface area (Å²) < 4.78 is 1.61. The van der Waals surface area contributed by atoms with E-state index in [2.05, 4.69) is 0 Å². The van der Waals surface area contributed by atoms with Crippen LogP contribution in [0.25, 0.3) is 0 Å². The summed E-state index contributed by atoms with van der Waals surface area (Å²) in [5.41, 5.74) is -0.893. The molecule has 1 aliphatic rings. The lowest BCUT2D eigenvalue weighted by atomic mass is 10.2. The van der Waals surface area contributed by atoms with Gasteiger partial charge in [-0.25, -0.2) is 9.59 Å². The number of amides is 1. The number of hydrogen-bond donors (Lipinski definition) is 1. The molecule has 4 rings (SSSR count). The second-order valence-electron chi connectivity index (χ2n) is 7.00. The van der Waals surface area contributed by atoms with Crippen LogP contribution in [-0.4, -0.2) is 38.6 Å². The Balaban J connectivity index is 1.67. The zero-order valence-corrected chi connectivity index (χ0v) is 16.2. The van der Waals surface area contributed by atoms with Crippen molar-refractivity contribution in [1.82, 2.24) is 9.13 Å². The van der Waals surface area contributed by atoms with Gasteiger partial charge in [-0.15, -0.1) is 0 Å². The van der Waals surface area contributed by atoms with Crippen molar-refractivity contribution in [2.24, 2.45) is 0 Å². The van der Waals surface area contributed by atoms with Crippen LogP contribution >= 0.6 is 0 Å². The summed E-state index contributed by atoms with van der Waals surface area (Å²) >= 11 is 0. The first kappa shape index (κ1) is 20.0. The molecule has 1 saturated heterocycles. The number of anilines is 1. The summed E-state index contributed by atoms with van der Waals surface area (Å²) in [4.78, 5) is 63.4. The van der Waals surface area contributed by atoms with Gasteiger partial charge in [0.25, 0.3) is 11.5 Å². The van der Waals surface area contributed by atoms with Crippen LogP contribution in [0.1, 0.15) is 33.2 Å². The van der Waals surface area contributed by atoms with Crippen LogP contribution in [0.2, 0.25) is 0 Å². The van der Waals surface area contributed by atoms with E-state index in [1.165, 1.54) is 47.5 Å². The molecular weight excluding hydrogens is 402 g/mol. The highest BCUT2D eigenvalue weighted by molar-refractivity contribution is 5.99. The first-order chi connectivity index (χ1) is 14.9. The van der Waals surface area contributed by atoms with Gasteiger partial charge in [0, 0.05) is 30.1 Å². The summed E-state index contributed by atoms with van der Waals surface area (Å²) in [5.74, 6) is -2.23. The molecule has 1 atom stereocenters. The number of hydrogen-bond acceptors (Lipinski definition) is 5. The van der Waals surface area contributed by atoms with Crippen molar-refractivity contribution in [3.63, 3.8) is 0 Å². The summed E-state index contributed by atoms with van der Waals surface area (Å²) in [6.45, 7) is 0.300. The van der Waals surface area contributed by atoms with E-state index < -0.39 is 29.2 Å². The summed E-state index contributed by atoms with van der Waals surface area (Å²) in [5, 5.41) is 9.02. The fraction of sp³-hybridized carbons (Fsp3) is 0.136. The minimum absolute atomic E-state index is 0.0923. The minimum atomic E-state index is -1.07. The van der Waals surface area contributed by atoms with E-state index in [0.29, 0.717) is 16.8 Å². The first-order valence-corrected chi connectivity index (χ1v) is 9.47.